The van der Waals surface area contributed by atoms with Crippen molar-refractivity contribution in [1.82, 2.24) is 4.90 Å². The fourth-order valence-electron chi connectivity index (χ4n) is 3.64. The number of aliphatic carboxylic acids is 1. The van der Waals surface area contributed by atoms with Crippen molar-refractivity contribution >= 4 is 23.8 Å². The van der Waals surface area contributed by atoms with Gasteiger partial charge in [0.1, 0.15) is 5.60 Å². The van der Waals surface area contributed by atoms with Gasteiger partial charge in [0.05, 0.1) is 6.54 Å². The summed E-state index contributed by atoms with van der Waals surface area (Å²) in [5, 5.41) is 10.4. The molecule has 1 amide bonds. The standard InChI is InChI=1S/C26H29NO4S/c1-5-6-7-10-19-13-15-22(16-14-19)32-26(23(28)29)17-20-11-8-9-12-21(20)18-27(26)24(30)31-25(2,3)4/h8-9,11-16H,7,10,17-18H2,1-4H3,(H,28,29). The van der Waals surface area contributed by atoms with Gasteiger partial charge in [-0.1, -0.05) is 48.2 Å². The minimum atomic E-state index is -1.51. The van der Waals surface area contributed by atoms with E-state index in [1.165, 1.54) is 16.7 Å². The van der Waals surface area contributed by atoms with Crippen molar-refractivity contribution in [3.8, 4) is 11.8 Å². The highest BCUT2D eigenvalue weighted by Crippen LogP contribution is 2.44. The minimum absolute atomic E-state index is 0.179. The Morgan fingerprint density at radius 2 is 1.78 bits per heavy atom. The summed E-state index contributed by atoms with van der Waals surface area (Å²) in [6.45, 7) is 7.34. The van der Waals surface area contributed by atoms with Gasteiger partial charge in [0.15, 0.2) is 4.87 Å². The number of nitrogens with zero attached hydrogens (tertiary/aromatic N) is 1. The summed E-state index contributed by atoms with van der Waals surface area (Å²) >= 11 is 1.18. The normalized spacial score (nSPS) is 17.7. The molecule has 0 fully saturated rings. The van der Waals surface area contributed by atoms with Crippen LogP contribution in [-0.4, -0.2) is 32.5 Å². The molecule has 0 saturated heterocycles. The Balaban J connectivity index is 1.96. The Kier molecular flexibility index (Phi) is 7.20. The molecule has 0 radical (unpaired) electrons. The molecule has 1 heterocycles. The van der Waals surface area contributed by atoms with E-state index in [4.69, 9.17) is 4.74 Å². The van der Waals surface area contributed by atoms with E-state index in [2.05, 4.69) is 11.8 Å². The Bertz CT molecular complexity index is 1050. The maximum absolute atomic E-state index is 13.1. The van der Waals surface area contributed by atoms with Crippen LogP contribution in [0, 0.1) is 11.8 Å². The van der Waals surface area contributed by atoms with Crippen molar-refractivity contribution in [2.45, 2.75) is 68.9 Å². The number of rotatable bonds is 5. The van der Waals surface area contributed by atoms with Crippen LogP contribution in [0.4, 0.5) is 4.79 Å². The van der Waals surface area contributed by atoms with Crippen molar-refractivity contribution < 1.29 is 19.4 Å². The molecule has 5 nitrogen and oxygen atoms in total. The molecule has 0 spiro atoms. The van der Waals surface area contributed by atoms with Crippen LogP contribution in [0.25, 0.3) is 0 Å². The zero-order chi connectivity index (χ0) is 23.4. The van der Waals surface area contributed by atoms with Crippen LogP contribution in [0.2, 0.25) is 0 Å². The Morgan fingerprint density at radius 3 is 2.38 bits per heavy atom. The summed E-state index contributed by atoms with van der Waals surface area (Å²) in [5.74, 6) is 4.88. The number of fused-ring (bicyclic) bond motifs is 1. The van der Waals surface area contributed by atoms with Crippen LogP contribution in [0.3, 0.4) is 0 Å². The van der Waals surface area contributed by atoms with E-state index in [9.17, 15) is 14.7 Å². The van der Waals surface area contributed by atoms with Crippen LogP contribution in [0.15, 0.2) is 53.4 Å². The third-order valence-electron chi connectivity index (χ3n) is 5.19. The summed E-state index contributed by atoms with van der Waals surface area (Å²) in [5.41, 5.74) is 2.27. The Labute approximate surface area is 194 Å². The van der Waals surface area contributed by atoms with E-state index in [0.29, 0.717) is 0 Å². The quantitative estimate of drug-likeness (QED) is 0.607. The van der Waals surface area contributed by atoms with Gasteiger partial charge >= 0.3 is 12.1 Å². The molecule has 1 atom stereocenters. The second-order valence-electron chi connectivity index (χ2n) is 8.77. The van der Waals surface area contributed by atoms with Gasteiger partial charge in [-0.15, -0.1) is 11.8 Å². The van der Waals surface area contributed by atoms with Crippen LogP contribution >= 0.6 is 11.8 Å². The smallest absolute Gasteiger partial charge is 0.412 e. The molecule has 1 unspecified atom stereocenters. The van der Waals surface area contributed by atoms with E-state index >= 15 is 0 Å². The summed E-state index contributed by atoms with van der Waals surface area (Å²) in [6.07, 6.45) is 1.19. The third-order valence-corrected chi connectivity index (χ3v) is 6.57. The average Bonchev–Trinajstić information content (AvgIpc) is 2.73. The van der Waals surface area contributed by atoms with E-state index in [1.54, 1.807) is 20.8 Å². The number of benzene rings is 2. The summed E-state index contributed by atoms with van der Waals surface area (Å²) in [4.78, 5) is 26.5. The fraction of sp³-hybridized carbons (Fsp3) is 0.385. The molecular weight excluding hydrogens is 422 g/mol. The van der Waals surface area contributed by atoms with Crippen LogP contribution in [-0.2, 0) is 28.9 Å². The van der Waals surface area contributed by atoms with Crippen molar-refractivity contribution in [1.29, 1.82) is 0 Å². The molecule has 3 rings (SSSR count). The van der Waals surface area contributed by atoms with Gasteiger partial charge in [0.25, 0.3) is 0 Å². The molecule has 0 saturated carbocycles. The van der Waals surface area contributed by atoms with Crippen molar-refractivity contribution in [2.24, 2.45) is 0 Å². The predicted molar refractivity (Wildman–Crippen MR) is 126 cm³/mol. The lowest BCUT2D eigenvalue weighted by Crippen LogP contribution is -2.58. The molecule has 2 aromatic carbocycles. The minimum Gasteiger partial charge on any atom is -0.479 e. The first kappa shape index (κ1) is 23.7. The van der Waals surface area contributed by atoms with Crippen LogP contribution in [0.1, 0.15) is 50.8 Å². The van der Waals surface area contributed by atoms with Gasteiger partial charge in [-0.2, -0.15) is 0 Å². The lowest BCUT2D eigenvalue weighted by atomic mass is 9.93. The summed E-state index contributed by atoms with van der Waals surface area (Å²) in [7, 11) is 0. The number of hydrogen-bond acceptors (Lipinski definition) is 4. The number of thioether (sulfide) groups is 1. The Morgan fingerprint density at radius 1 is 1.12 bits per heavy atom. The number of aryl methyl sites for hydroxylation is 1. The predicted octanol–water partition coefficient (Wildman–Crippen LogP) is 5.51. The molecule has 1 aliphatic rings. The number of amides is 1. The lowest BCUT2D eigenvalue weighted by molar-refractivity contribution is -0.146. The maximum atomic E-state index is 13.1. The Hall–Kier alpha value is -2.91. The van der Waals surface area contributed by atoms with Gasteiger partial charge in [0.2, 0.25) is 0 Å². The number of carboxylic acids is 1. The number of hydrogen-bond donors (Lipinski definition) is 1. The monoisotopic (exact) mass is 451 g/mol. The molecule has 0 aromatic heterocycles. The van der Waals surface area contributed by atoms with Gasteiger partial charge in [-0.05, 0) is 62.9 Å². The SMILES string of the molecule is CC#CCCc1ccc(SC2(C(=O)O)Cc3ccccc3CN2C(=O)OC(C)(C)C)cc1. The third kappa shape index (κ3) is 5.46. The molecule has 6 heteroatoms. The van der Waals surface area contributed by atoms with E-state index < -0.39 is 22.5 Å². The molecule has 168 valence electrons. The van der Waals surface area contributed by atoms with E-state index in [-0.39, 0.29) is 13.0 Å². The molecule has 32 heavy (non-hydrogen) atoms. The number of carboxylic acid groups (broad SMARTS) is 1. The molecular formula is C26H29NO4S. The highest BCUT2D eigenvalue weighted by Gasteiger charge is 2.52. The number of carbonyl (C=O) groups excluding carboxylic acids is 1. The van der Waals surface area contributed by atoms with Crippen LogP contribution < -0.4 is 0 Å². The average molecular weight is 452 g/mol. The first-order valence-electron chi connectivity index (χ1n) is 10.6. The van der Waals surface area contributed by atoms with Gasteiger partial charge in [0, 0.05) is 17.7 Å². The zero-order valence-corrected chi connectivity index (χ0v) is 19.8. The lowest BCUT2D eigenvalue weighted by Gasteiger charge is -2.44. The van der Waals surface area contributed by atoms with Crippen molar-refractivity contribution in [3.63, 3.8) is 0 Å². The first-order chi connectivity index (χ1) is 15.1. The second-order valence-corrected chi connectivity index (χ2v) is 10.1. The van der Waals surface area contributed by atoms with E-state index in [0.717, 1.165) is 34.4 Å². The topological polar surface area (TPSA) is 66.8 Å². The van der Waals surface area contributed by atoms with Crippen molar-refractivity contribution in [2.75, 3.05) is 0 Å². The highest BCUT2D eigenvalue weighted by molar-refractivity contribution is 8.01. The highest BCUT2D eigenvalue weighted by atomic mass is 32.2. The molecule has 2 aromatic rings. The zero-order valence-electron chi connectivity index (χ0n) is 19.0. The molecule has 0 bridgehead atoms. The maximum Gasteiger partial charge on any atom is 0.412 e. The summed E-state index contributed by atoms with van der Waals surface area (Å²) in [6, 6.07) is 15.5. The van der Waals surface area contributed by atoms with Gasteiger partial charge in [-0.3, -0.25) is 4.90 Å². The van der Waals surface area contributed by atoms with E-state index in [1.807, 2.05) is 55.5 Å². The number of carbonyl (C=O) groups is 2. The molecule has 1 aliphatic heterocycles. The summed E-state index contributed by atoms with van der Waals surface area (Å²) < 4.78 is 5.61. The van der Waals surface area contributed by atoms with Gasteiger partial charge in [-0.25, -0.2) is 9.59 Å². The largest absolute Gasteiger partial charge is 0.479 e. The first-order valence-corrected chi connectivity index (χ1v) is 11.4. The second kappa shape index (κ2) is 9.70. The molecule has 0 aliphatic carbocycles. The van der Waals surface area contributed by atoms with Gasteiger partial charge < -0.3 is 9.84 Å². The molecule has 1 N–H and O–H groups in total. The fourth-order valence-corrected chi connectivity index (χ4v) is 4.87. The number of ether oxygens (including phenoxy) is 1. The van der Waals surface area contributed by atoms with Crippen LogP contribution in [0.5, 0.6) is 0 Å². The van der Waals surface area contributed by atoms with Crippen molar-refractivity contribution in [3.05, 3.63) is 65.2 Å².